The van der Waals surface area contributed by atoms with Gasteiger partial charge >= 0.3 is 5.97 Å². The second kappa shape index (κ2) is 5.51. The molecule has 1 atom stereocenters. The number of fused-ring (bicyclic) bond motifs is 2. The molecule has 2 heterocycles. The van der Waals surface area contributed by atoms with Gasteiger partial charge in [-0.05, 0) is 24.3 Å². The third-order valence-electron chi connectivity index (χ3n) is 4.62. The molecule has 0 saturated heterocycles. The Morgan fingerprint density at radius 3 is 2.58 bits per heavy atom. The van der Waals surface area contributed by atoms with Crippen LogP contribution in [-0.2, 0) is 10.5 Å². The number of aromatic nitrogens is 3. The van der Waals surface area contributed by atoms with Gasteiger partial charge in [-0.2, -0.15) is 4.68 Å². The molecule has 0 radical (unpaired) electrons. The molecule has 0 fully saturated rings. The van der Waals surface area contributed by atoms with Crippen LogP contribution in [0.25, 0.3) is 11.0 Å². The molecule has 4 aromatic rings. The van der Waals surface area contributed by atoms with Crippen molar-refractivity contribution in [3.8, 4) is 0 Å². The first-order valence-electron chi connectivity index (χ1n) is 8.10. The van der Waals surface area contributed by atoms with E-state index in [0.717, 1.165) is 26.6 Å². The standard InChI is InChI=1S/C20H12BrN3O2/c21-14-10-11-18-17(12-14)22-23-24(18)20(13-6-2-1-3-7-13)16-9-5-4-8-15(16)19(25)26-20/h1-12H. The lowest BCUT2D eigenvalue weighted by atomic mass is 9.92. The number of benzene rings is 3. The lowest BCUT2D eigenvalue weighted by molar-refractivity contribution is -0.00697. The van der Waals surface area contributed by atoms with Crippen molar-refractivity contribution in [3.05, 3.63) is 94.0 Å². The van der Waals surface area contributed by atoms with E-state index in [2.05, 4.69) is 26.2 Å². The van der Waals surface area contributed by atoms with Crippen molar-refractivity contribution in [1.29, 1.82) is 0 Å². The zero-order valence-corrected chi connectivity index (χ0v) is 15.1. The third-order valence-corrected chi connectivity index (χ3v) is 5.12. The van der Waals surface area contributed by atoms with E-state index in [0.29, 0.717) is 5.56 Å². The predicted molar refractivity (Wildman–Crippen MR) is 99.7 cm³/mol. The van der Waals surface area contributed by atoms with Gasteiger partial charge in [-0.1, -0.05) is 69.7 Å². The van der Waals surface area contributed by atoms with E-state index in [1.807, 2.05) is 66.7 Å². The molecule has 0 saturated carbocycles. The summed E-state index contributed by atoms with van der Waals surface area (Å²) >= 11 is 3.46. The quantitative estimate of drug-likeness (QED) is 0.470. The maximum absolute atomic E-state index is 12.6. The van der Waals surface area contributed by atoms with E-state index in [1.54, 1.807) is 10.7 Å². The number of ether oxygens (including phenoxy) is 1. The molecule has 1 aromatic heterocycles. The van der Waals surface area contributed by atoms with Gasteiger partial charge in [0, 0.05) is 15.6 Å². The number of hydrogen-bond donors (Lipinski definition) is 0. The zero-order chi connectivity index (χ0) is 17.7. The highest BCUT2D eigenvalue weighted by Crippen LogP contribution is 2.43. The molecule has 1 aliphatic rings. The number of carbonyl (C=O) groups excluding carboxylic acids is 1. The van der Waals surface area contributed by atoms with E-state index in [1.165, 1.54) is 0 Å². The van der Waals surface area contributed by atoms with Crippen molar-refractivity contribution >= 4 is 32.9 Å². The average molecular weight is 406 g/mol. The Bertz CT molecular complexity index is 1160. The first-order valence-corrected chi connectivity index (χ1v) is 8.89. The number of halogens is 1. The fraction of sp³-hybridized carbons (Fsp3) is 0.0500. The summed E-state index contributed by atoms with van der Waals surface area (Å²) in [4.78, 5) is 12.6. The third kappa shape index (κ3) is 1.99. The Balaban J connectivity index is 1.89. The SMILES string of the molecule is O=C1OC(c2ccccc2)(n2nnc3cc(Br)ccc32)c2ccccc21. The lowest BCUT2D eigenvalue weighted by Crippen LogP contribution is -2.37. The molecule has 0 bridgehead atoms. The van der Waals surface area contributed by atoms with Gasteiger partial charge in [-0.15, -0.1) is 5.10 Å². The van der Waals surface area contributed by atoms with Crippen molar-refractivity contribution < 1.29 is 9.53 Å². The molecule has 5 rings (SSSR count). The average Bonchev–Trinajstić information content (AvgIpc) is 3.22. The summed E-state index contributed by atoms with van der Waals surface area (Å²) in [5.41, 5.74) is 2.42. The van der Waals surface area contributed by atoms with Crippen LogP contribution in [0.2, 0.25) is 0 Å². The second-order valence-corrected chi connectivity index (χ2v) is 7.00. The van der Waals surface area contributed by atoms with Crippen LogP contribution in [0.15, 0.2) is 77.3 Å². The van der Waals surface area contributed by atoms with Crippen LogP contribution in [0.1, 0.15) is 21.5 Å². The molecule has 0 N–H and O–H groups in total. The molecular weight excluding hydrogens is 394 g/mol. The van der Waals surface area contributed by atoms with Crippen molar-refractivity contribution in [1.82, 2.24) is 15.0 Å². The monoisotopic (exact) mass is 405 g/mol. The summed E-state index contributed by atoms with van der Waals surface area (Å²) in [6.07, 6.45) is 0. The molecule has 6 heteroatoms. The summed E-state index contributed by atoms with van der Waals surface area (Å²) in [7, 11) is 0. The first kappa shape index (κ1) is 15.3. The maximum atomic E-state index is 12.6. The molecule has 0 aliphatic carbocycles. The minimum atomic E-state index is -1.18. The Morgan fingerprint density at radius 2 is 1.73 bits per heavy atom. The Morgan fingerprint density at radius 1 is 0.962 bits per heavy atom. The van der Waals surface area contributed by atoms with Gasteiger partial charge in [0.2, 0.25) is 0 Å². The maximum Gasteiger partial charge on any atom is 0.341 e. The van der Waals surface area contributed by atoms with Crippen LogP contribution in [0.4, 0.5) is 0 Å². The number of hydrogen-bond acceptors (Lipinski definition) is 4. The summed E-state index contributed by atoms with van der Waals surface area (Å²) in [6.45, 7) is 0. The zero-order valence-electron chi connectivity index (χ0n) is 13.5. The van der Waals surface area contributed by atoms with Gasteiger partial charge in [-0.25, -0.2) is 4.79 Å². The smallest absolute Gasteiger partial charge is 0.341 e. The van der Waals surface area contributed by atoms with E-state index in [-0.39, 0.29) is 5.97 Å². The molecule has 3 aromatic carbocycles. The summed E-state index contributed by atoms with van der Waals surface area (Å²) in [5, 5.41) is 8.65. The molecule has 1 aliphatic heterocycles. The Labute approximate surface area is 157 Å². The number of rotatable bonds is 2. The van der Waals surface area contributed by atoms with Gasteiger partial charge in [0.15, 0.2) is 0 Å². The van der Waals surface area contributed by atoms with Gasteiger partial charge in [0.25, 0.3) is 5.72 Å². The van der Waals surface area contributed by atoms with Gasteiger partial charge in [-0.3, -0.25) is 0 Å². The summed E-state index contributed by atoms with van der Waals surface area (Å²) in [6, 6.07) is 22.8. The Kier molecular flexibility index (Phi) is 3.24. The van der Waals surface area contributed by atoms with Gasteiger partial charge < -0.3 is 4.74 Å². The van der Waals surface area contributed by atoms with Crippen LogP contribution < -0.4 is 0 Å². The van der Waals surface area contributed by atoms with Gasteiger partial charge in [0.1, 0.15) is 5.52 Å². The second-order valence-electron chi connectivity index (χ2n) is 6.08. The van der Waals surface area contributed by atoms with E-state index in [4.69, 9.17) is 4.74 Å². The lowest BCUT2D eigenvalue weighted by Gasteiger charge is -2.29. The highest BCUT2D eigenvalue weighted by atomic mass is 79.9. The topological polar surface area (TPSA) is 57.0 Å². The normalized spacial score (nSPS) is 18.7. The number of esters is 1. The van der Waals surface area contributed by atoms with E-state index in [9.17, 15) is 4.79 Å². The van der Waals surface area contributed by atoms with Crippen molar-refractivity contribution in [2.24, 2.45) is 0 Å². The van der Waals surface area contributed by atoms with Crippen LogP contribution in [0, 0.1) is 0 Å². The van der Waals surface area contributed by atoms with Gasteiger partial charge in [0.05, 0.1) is 11.1 Å². The molecular formula is C20H12BrN3O2. The van der Waals surface area contributed by atoms with Crippen molar-refractivity contribution in [2.75, 3.05) is 0 Å². The first-order chi connectivity index (χ1) is 12.7. The van der Waals surface area contributed by atoms with Crippen LogP contribution >= 0.6 is 15.9 Å². The highest BCUT2D eigenvalue weighted by molar-refractivity contribution is 9.10. The number of carbonyl (C=O) groups is 1. The number of cyclic esters (lactones) is 1. The van der Waals surface area contributed by atoms with Crippen LogP contribution in [-0.4, -0.2) is 21.0 Å². The van der Waals surface area contributed by atoms with Crippen LogP contribution in [0.3, 0.4) is 0 Å². The predicted octanol–water partition coefficient (Wildman–Crippen LogP) is 4.11. The molecule has 0 spiro atoms. The molecule has 26 heavy (non-hydrogen) atoms. The fourth-order valence-electron chi connectivity index (χ4n) is 3.49. The number of nitrogens with zero attached hydrogens (tertiary/aromatic N) is 3. The molecule has 1 unspecified atom stereocenters. The minimum absolute atomic E-state index is 0.370. The van der Waals surface area contributed by atoms with E-state index < -0.39 is 5.72 Å². The van der Waals surface area contributed by atoms with E-state index >= 15 is 0 Å². The molecule has 0 amide bonds. The minimum Gasteiger partial charge on any atom is -0.424 e. The van der Waals surface area contributed by atoms with Crippen molar-refractivity contribution in [3.63, 3.8) is 0 Å². The van der Waals surface area contributed by atoms with Crippen LogP contribution in [0.5, 0.6) is 0 Å². The molecule has 5 nitrogen and oxygen atoms in total. The van der Waals surface area contributed by atoms with Crippen molar-refractivity contribution in [2.45, 2.75) is 5.72 Å². The Hall–Kier alpha value is -2.99. The fourth-order valence-corrected chi connectivity index (χ4v) is 3.84. The summed E-state index contributed by atoms with van der Waals surface area (Å²) in [5.74, 6) is -0.370. The molecule has 126 valence electrons. The largest absolute Gasteiger partial charge is 0.424 e. The highest BCUT2D eigenvalue weighted by Gasteiger charge is 2.50. The summed E-state index contributed by atoms with van der Waals surface area (Å²) < 4.78 is 8.60.